The van der Waals surface area contributed by atoms with E-state index < -0.39 is 34.8 Å². The summed E-state index contributed by atoms with van der Waals surface area (Å²) in [5.74, 6) is -2.68. The number of carboxylic acid groups (broad SMARTS) is 1. The van der Waals surface area contributed by atoms with Crippen molar-refractivity contribution in [2.75, 3.05) is 22.9 Å². The molecule has 0 unspecified atom stereocenters. The number of hydrogen-bond acceptors (Lipinski definition) is 10. The number of para-hydroxylation sites is 1. The first kappa shape index (κ1) is 37.4. The molecule has 4 aromatic carbocycles. The third-order valence-corrected chi connectivity index (χ3v) is 12.0. The van der Waals surface area contributed by atoms with Crippen molar-refractivity contribution in [2.24, 2.45) is 5.16 Å². The number of thioether (sulfide) groups is 1. The molecular weight excluding hydrogens is 761 g/mol. The molecule has 0 radical (unpaired) electrons. The summed E-state index contributed by atoms with van der Waals surface area (Å²) in [6.45, 7) is 0.545. The van der Waals surface area contributed by atoms with Gasteiger partial charge in [-0.3, -0.25) is 19.3 Å². The number of carboxylic acids is 1. The Morgan fingerprint density at radius 1 is 0.895 bits per heavy atom. The van der Waals surface area contributed by atoms with Crippen LogP contribution in [0.2, 0.25) is 0 Å². The van der Waals surface area contributed by atoms with Crippen molar-refractivity contribution < 1.29 is 29.1 Å². The van der Waals surface area contributed by atoms with E-state index in [2.05, 4.69) is 15.5 Å². The van der Waals surface area contributed by atoms with Crippen LogP contribution in [0.5, 0.6) is 0 Å². The minimum absolute atomic E-state index is 0.139. The molecule has 3 amide bonds. The second-order valence-corrected chi connectivity index (χ2v) is 15.5. The lowest BCUT2D eigenvalue weighted by molar-refractivity contribution is -0.150. The number of thiazole rings is 1. The van der Waals surface area contributed by atoms with Crippen molar-refractivity contribution in [3.05, 3.63) is 172 Å². The van der Waals surface area contributed by atoms with Crippen molar-refractivity contribution in [1.29, 1.82) is 0 Å². The summed E-state index contributed by atoms with van der Waals surface area (Å²) in [6, 6.07) is 36.7. The van der Waals surface area contributed by atoms with E-state index in [-0.39, 0.29) is 33.9 Å². The van der Waals surface area contributed by atoms with Gasteiger partial charge in [0.15, 0.2) is 10.8 Å². The molecule has 4 heterocycles. The number of β-lactam (4-membered cyclic amide) rings is 1. The number of oxime groups is 1. The lowest BCUT2D eigenvalue weighted by atomic mass is 9.80. The maximum absolute atomic E-state index is 14.3. The molecule has 5 aromatic rings. The van der Waals surface area contributed by atoms with Gasteiger partial charge in [-0.15, -0.1) is 23.1 Å². The number of nitrogens with zero attached hydrogens (tertiary/aromatic N) is 4. The van der Waals surface area contributed by atoms with Crippen LogP contribution in [-0.4, -0.2) is 68.1 Å². The van der Waals surface area contributed by atoms with Crippen molar-refractivity contribution >= 4 is 63.3 Å². The zero-order valence-electron chi connectivity index (χ0n) is 30.4. The number of nitrogen functional groups attached to an aromatic ring is 1. The molecular formula is C43H36N6O6S2. The molecule has 0 saturated carbocycles. The summed E-state index contributed by atoms with van der Waals surface area (Å²) < 4.78 is 0. The van der Waals surface area contributed by atoms with Crippen LogP contribution in [0.4, 0.5) is 10.8 Å². The van der Waals surface area contributed by atoms with Gasteiger partial charge in [0.25, 0.3) is 17.7 Å². The van der Waals surface area contributed by atoms with Gasteiger partial charge < -0.3 is 25.9 Å². The van der Waals surface area contributed by atoms with Crippen LogP contribution in [0.25, 0.3) is 0 Å². The Bertz CT molecular complexity index is 2320. The third-order valence-electron chi connectivity index (χ3n) is 10.0. The summed E-state index contributed by atoms with van der Waals surface area (Å²) in [7, 11) is 0. The SMILES string of the molecule is Nc1nc(/C(=N/OC(c2ccccc2)(c2ccccc2)c2ccccc2)C(=O)N[C@@H]2C(=O)N3C(C(=O)O)=C(/C=C4\CCCN(c5ccccc5)C4=O)CS[C@H]23)cs1. The topological polar surface area (TPSA) is 168 Å². The first-order valence-corrected chi connectivity index (χ1v) is 20.1. The van der Waals surface area contributed by atoms with Gasteiger partial charge in [-0.05, 0) is 36.6 Å². The summed E-state index contributed by atoms with van der Waals surface area (Å²) in [5, 5.41) is 18.7. The molecule has 0 spiro atoms. The number of nitrogens with two attached hydrogens (primary N) is 1. The number of anilines is 2. The molecule has 14 heteroatoms. The van der Waals surface area contributed by atoms with E-state index in [1.165, 1.54) is 16.7 Å². The molecule has 57 heavy (non-hydrogen) atoms. The van der Waals surface area contributed by atoms with Crippen LogP contribution in [0.15, 0.2) is 155 Å². The van der Waals surface area contributed by atoms with Gasteiger partial charge in [-0.25, -0.2) is 9.78 Å². The average Bonchev–Trinajstić information content (AvgIpc) is 3.68. The van der Waals surface area contributed by atoms with Crippen LogP contribution in [0.3, 0.4) is 0 Å². The van der Waals surface area contributed by atoms with Crippen molar-refractivity contribution in [1.82, 2.24) is 15.2 Å². The number of nitrogens with one attached hydrogen (secondary N) is 1. The lowest BCUT2D eigenvalue weighted by Gasteiger charge is -2.49. The van der Waals surface area contributed by atoms with Crippen LogP contribution in [-0.2, 0) is 29.6 Å². The van der Waals surface area contributed by atoms with Crippen molar-refractivity contribution in [2.45, 2.75) is 29.9 Å². The lowest BCUT2D eigenvalue weighted by Crippen LogP contribution is -2.71. The van der Waals surface area contributed by atoms with Crippen molar-refractivity contribution in [3.63, 3.8) is 0 Å². The summed E-state index contributed by atoms with van der Waals surface area (Å²) >= 11 is 2.41. The predicted octanol–water partition coefficient (Wildman–Crippen LogP) is 5.93. The van der Waals surface area contributed by atoms with Crippen LogP contribution in [0.1, 0.15) is 35.2 Å². The van der Waals surface area contributed by atoms with E-state index in [9.17, 15) is 24.3 Å². The monoisotopic (exact) mass is 796 g/mol. The van der Waals surface area contributed by atoms with Gasteiger partial charge in [0.05, 0.1) is 0 Å². The molecule has 2 atom stereocenters. The Balaban J connectivity index is 1.10. The van der Waals surface area contributed by atoms with Gasteiger partial charge in [0, 0.05) is 45.6 Å². The minimum atomic E-state index is -1.32. The molecule has 2 saturated heterocycles. The standard InChI is InChI=1S/C43H36N6O6S2/c44-42-45-33(26-57-42)34(47-55-43(29-15-5-1-6-16-29,30-17-7-2-8-18-30)31-19-9-3-10-20-31)37(50)46-35-39(52)49-36(41(53)54)28(25-56-40(35)49)24-27-14-13-23-48(38(27)51)32-21-11-4-12-22-32/h1-12,15-22,24,26,35,40H,13-14,23,25H2,(H2,44,45)(H,46,50)(H,53,54)/b27-24+,47-34-/t35-,40-/m1/s1. The molecule has 286 valence electrons. The molecule has 8 rings (SSSR count). The first-order chi connectivity index (χ1) is 27.8. The van der Waals surface area contributed by atoms with E-state index >= 15 is 0 Å². The fourth-order valence-electron chi connectivity index (χ4n) is 7.36. The van der Waals surface area contributed by atoms with Gasteiger partial charge in [0.1, 0.15) is 22.8 Å². The average molecular weight is 797 g/mol. The zero-order valence-corrected chi connectivity index (χ0v) is 32.0. The predicted molar refractivity (Wildman–Crippen MR) is 219 cm³/mol. The number of piperidine rings is 1. The van der Waals surface area contributed by atoms with Gasteiger partial charge >= 0.3 is 5.97 Å². The van der Waals surface area contributed by atoms with Gasteiger partial charge in [0.2, 0.25) is 5.60 Å². The van der Waals surface area contributed by atoms with Crippen LogP contribution >= 0.6 is 23.1 Å². The Kier molecular flexibility index (Phi) is 10.5. The molecule has 2 fully saturated rings. The highest BCUT2D eigenvalue weighted by molar-refractivity contribution is 8.00. The second kappa shape index (κ2) is 15.9. The fourth-order valence-corrected chi connectivity index (χ4v) is 9.22. The number of aromatic nitrogens is 1. The Labute approximate surface area is 336 Å². The first-order valence-electron chi connectivity index (χ1n) is 18.2. The number of hydrogen-bond donors (Lipinski definition) is 3. The number of aliphatic carboxylic acids is 1. The number of fused-ring (bicyclic) bond motifs is 1. The van der Waals surface area contributed by atoms with E-state index in [1.54, 1.807) is 16.4 Å². The van der Waals surface area contributed by atoms with Crippen molar-refractivity contribution in [3.8, 4) is 0 Å². The number of carbonyl (C=O) groups excluding carboxylic acids is 3. The molecule has 4 N–H and O–H groups in total. The highest BCUT2D eigenvalue weighted by atomic mass is 32.2. The maximum atomic E-state index is 14.3. The largest absolute Gasteiger partial charge is 0.477 e. The quantitative estimate of drug-likeness (QED) is 0.0483. The second-order valence-electron chi connectivity index (χ2n) is 13.5. The molecule has 3 aliphatic heterocycles. The highest BCUT2D eigenvalue weighted by Gasteiger charge is 2.54. The Morgan fingerprint density at radius 3 is 2.02 bits per heavy atom. The number of benzene rings is 4. The zero-order chi connectivity index (χ0) is 39.5. The number of rotatable bonds is 11. The highest BCUT2D eigenvalue weighted by Crippen LogP contribution is 2.43. The molecule has 0 bridgehead atoms. The molecule has 1 aromatic heterocycles. The van der Waals surface area contributed by atoms with E-state index in [0.29, 0.717) is 30.5 Å². The van der Waals surface area contributed by atoms with Crippen LogP contribution in [0, 0.1) is 0 Å². The fraction of sp³-hybridized carbons (Fsp3) is 0.163. The van der Waals surface area contributed by atoms with E-state index in [0.717, 1.165) is 33.7 Å². The number of allylic oxidation sites excluding steroid dienone is 1. The van der Waals surface area contributed by atoms with E-state index in [4.69, 9.17) is 10.6 Å². The Morgan fingerprint density at radius 2 is 1.47 bits per heavy atom. The molecule has 0 aliphatic carbocycles. The summed E-state index contributed by atoms with van der Waals surface area (Å²) in [6.07, 6.45) is 2.79. The summed E-state index contributed by atoms with van der Waals surface area (Å²) in [4.78, 5) is 68.2. The normalized spacial score (nSPS) is 19.2. The summed E-state index contributed by atoms with van der Waals surface area (Å²) in [5.41, 5.74) is 8.22. The van der Waals surface area contributed by atoms with Crippen LogP contribution < -0.4 is 16.0 Å². The minimum Gasteiger partial charge on any atom is -0.477 e. The molecule has 12 nitrogen and oxygen atoms in total. The number of carbonyl (C=O) groups is 4. The van der Waals surface area contributed by atoms with E-state index in [1.807, 2.05) is 121 Å². The Hall–Kier alpha value is -6.51. The maximum Gasteiger partial charge on any atom is 0.352 e. The smallest absolute Gasteiger partial charge is 0.352 e. The van der Waals surface area contributed by atoms with Gasteiger partial charge in [-0.2, -0.15) is 0 Å². The third kappa shape index (κ3) is 7.09. The number of amides is 3. The van der Waals surface area contributed by atoms with Gasteiger partial charge in [-0.1, -0.05) is 114 Å². The molecule has 3 aliphatic rings.